The molecule has 0 unspecified atom stereocenters. The molecule has 0 aromatic heterocycles. The van der Waals surface area contributed by atoms with Gasteiger partial charge in [-0.1, -0.05) is 36.4 Å². The molecule has 0 aliphatic carbocycles. The number of benzene rings is 2. The molecule has 0 atom stereocenters. The highest BCUT2D eigenvalue weighted by atomic mass is 16.6. The van der Waals surface area contributed by atoms with Gasteiger partial charge in [-0.2, -0.15) is 0 Å². The van der Waals surface area contributed by atoms with Crippen molar-refractivity contribution in [2.45, 2.75) is 13.5 Å². The smallest absolute Gasteiger partial charge is 0.345 e. The van der Waals surface area contributed by atoms with Crippen LogP contribution in [-0.2, 0) is 11.3 Å². The van der Waals surface area contributed by atoms with Gasteiger partial charge in [0.25, 0.3) is 5.69 Å². The van der Waals surface area contributed by atoms with E-state index in [9.17, 15) is 14.9 Å². The standard InChI is InChI=1S/C15H13NO4/c1-11-7-8-14(16(18)19)13(9-11)15(17)20-10-12-5-3-2-4-6-12/h2-9H,10H2,1H3. The van der Waals surface area contributed by atoms with Gasteiger partial charge >= 0.3 is 5.97 Å². The maximum atomic E-state index is 12.0. The third-order valence-electron chi connectivity index (χ3n) is 2.78. The molecule has 5 nitrogen and oxygen atoms in total. The molecular formula is C15H13NO4. The van der Waals surface area contributed by atoms with E-state index in [1.54, 1.807) is 13.0 Å². The number of hydrogen-bond acceptors (Lipinski definition) is 4. The summed E-state index contributed by atoms with van der Waals surface area (Å²) in [6.07, 6.45) is 0. The van der Waals surface area contributed by atoms with E-state index in [1.165, 1.54) is 12.1 Å². The van der Waals surface area contributed by atoms with E-state index in [4.69, 9.17) is 4.74 Å². The number of hydrogen-bond donors (Lipinski definition) is 0. The summed E-state index contributed by atoms with van der Waals surface area (Å²) in [4.78, 5) is 22.3. The molecule has 0 bridgehead atoms. The van der Waals surface area contributed by atoms with Gasteiger partial charge in [0.15, 0.2) is 0 Å². The van der Waals surface area contributed by atoms with Crippen LogP contribution in [0.1, 0.15) is 21.5 Å². The van der Waals surface area contributed by atoms with Gasteiger partial charge < -0.3 is 4.74 Å². The van der Waals surface area contributed by atoms with Crippen molar-refractivity contribution in [2.75, 3.05) is 0 Å². The highest BCUT2D eigenvalue weighted by Gasteiger charge is 2.21. The lowest BCUT2D eigenvalue weighted by Crippen LogP contribution is -2.08. The molecule has 0 aliphatic rings. The Hall–Kier alpha value is -2.69. The average molecular weight is 271 g/mol. The number of nitro groups is 1. The van der Waals surface area contributed by atoms with Crippen LogP contribution in [-0.4, -0.2) is 10.9 Å². The minimum absolute atomic E-state index is 0.0223. The Bertz CT molecular complexity index is 638. The van der Waals surface area contributed by atoms with Gasteiger partial charge in [0.05, 0.1) is 4.92 Å². The first-order valence-electron chi connectivity index (χ1n) is 6.04. The molecule has 0 amide bonds. The van der Waals surface area contributed by atoms with E-state index in [-0.39, 0.29) is 17.9 Å². The summed E-state index contributed by atoms with van der Waals surface area (Å²) in [5.41, 5.74) is 1.33. The molecule has 0 radical (unpaired) electrons. The van der Waals surface area contributed by atoms with Crippen LogP contribution in [0.25, 0.3) is 0 Å². The van der Waals surface area contributed by atoms with Gasteiger partial charge in [-0.05, 0) is 24.1 Å². The zero-order chi connectivity index (χ0) is 14.5. The molecule has 0 fully saturated rings. The fourth-order valence-corrected chi connectivity index (χ4v) is 1.77. The number of esters is 1. The molecule has 2 aromatic rings. The van der Waals surface area contributed by atoms with E-state index < -0.39 is 10.9 Å². The summed E-state index contributed by atoms with van der Waals surface area (Å²) >= 11 is 0. The first-order chi connectivity index (χ1) is 9.58. The number of nitro benzene ring substituents is 1. The minimum Gasteiger partial charge on any atom is -0.457 e. The molecule has 0 saturated carbocycles. The topological polar surface area (TPSA) is 69.4 Å². The third-order valence-corrected chi connectivity index (χ3v) is 2.78. The molecule has 0 heterocycles. The zero-order valence-corrected chi connectivity index (χ0v) is 10.9. The number of aryl methyl sites for hydroxylation is 1. The van der Waals surface area contributed by atoms with Crippen molar-refractivity contribution >= 4 is 11.7 Å². The molecule has 2 rings (SSSR count). The van der Waals surface area contributed by atoms with Crippen LogP contribution in [0.2, 0.25) is 0 Å². The molecule has 20 heavy (non-hydrogen) atoms. The van der Waals surface area contributed by atoms with Gasteiger partial charge in [0, 0.05) is 6.07 Å². The van der Waals surface area contributed by atoms with Gasteiger partial charge in [-0.15, -0.1) is 0 Å². The van der Waals surface area contributed by atoms with Crippen LogP contribution in [0.4, 0.5) is 5.69 Å². The van der Waals surface area contributed by atoms with E-state index in [0.29, 0.717) is 0 Å². The summed E-state index contributed by atoms with van der Waals surface area (Å²) in [5, 5.41) is 10.9. The summed E-state index contributed by atoms with van der Waals surface area (Å²) in [7, 11) is 0. The second-order valence-electron chi connectivity index (χ2n) is 4.34. The summed E-state index contributed by atoms with van der Waals surface area (Å²) in [5.74, 6) is -0.691. The monoisotopic (exact) mass is 271 g/mol. The largest absolute Gasteiger partial charge is 0.457 e. The lowest BCUT2D eigenvalue weighted by molar-refractivity contribution is -0.385. The van der Waals surface area contributed by atoms with E-state index in [1.807, 2.05) is 30.3 Å². The van der Waals surface area contributed by atoms with Crippen molar-refractivity contribution in [1.29, 1.82) is 0 Å². The van der Waals surface area contributed by atoms with Crippen LogP contribution in [0, 0.1) is 17.0 Å². The van der Waals surface area contributed by atoms with Crippen LogP contribution in [0.3, 0.4) is 0 Å². The fraction of sp³-hybridized carbons (Fsp3) is 0.133. The lowest BCUT2D eigenvalue weighted by atomic mass is 10.1. The van der Waals surface area contributed by atoms with Crippen LogP contribution >= 0.6 is 0 Å². The second kappa shape index (κ2) is 5.97. The molecule has 2 aromatic carbocycles. The SMILES string of the molecule is Cc1ccc([N+](=O)[O-])c(C(=O)OCc2ccccc2)c1. The first kappa shape index (κ1) is 13.7. The van der Waals surface area contributed by atoms with Crippen molar-refractivity contribution < 1.29 is 14.5 Å². The molecular weight excluding hydrogens is 258 g/mol. The predicted molar refractivity (Wildman–Crippen MR) is 73.4 cm³/mol. The predicted octanol–water partition coefficient (Wildman–Crippen LogP) is 3.26. The second-order valence-corrected chi connectivity index (χ2v) is 4.34. The molecule has 5 heteroatoms. The molecule has 0 aliphatic heterocycles. The van der Waals surface area contributed by atoms with E-state index in [2.05, 4.69) is 0 Å². The number of carbonyl (C=O) groups is 1. The van der Waals surface area contributed by atoms with Gasteiger partial charge in [0.2, 0.25) is 0 Å². The zero-order valence-electron chi connectivity index (χ0n) is 10.9. The number of rotatable bonds is 4. The summed E-state index contributed by atoms with van der Waals surface area (Å²) in [6.45, 7) is 1.85. The fourth-order valence-electron chi connectivity index (χ4n) is 1.77. The highest BCUT2D eigenvalue weighted by Crippen LogP contribution is 2.21. The Morgan fingerprint density at radius 2 is 1.90 bits per heavy atom. The van der Waals surface area contributed by atoms with Crippen LogP contribution in [0.5, 0.6) is 0 Å². The maximum absolute atomic E-state index is 12.0. The van der Waals surface area contributed by atoms with Gasteiger partial charge in [-0.25, -0.2) is 4.79 Å². The average Bonchev–Trinajstić information content (AvgIpc) is 2.45. The van der Waals surface area contributed by atoms with Crippen LogP contribution < -0.4 is 0 Å². The first-order valence-corrected chi connectivity index (χ1v) is 6.04. The van der Waals surface area contributed by atoms with Crippen LogP contribution in [0.15, 0.2) is 48.5 Å². The van der Waals surface area contributed by atoms with Crippen molar-refractivity contribution in [3.05, 3.63) is 75.3 Å². The maximum Gasteiger partial charge on any atom is 0.345 e. The van der Waals surface area contributed by atoms with Crippen molar-refractivity contribution in [2.24, 2.45) is 0 Å². The Morgan fingerprint density at radius 3 is 2.55 bits per heavy atom. The summed E-state index contributed by atoms with van der Waals surface area (Å²) < 4.78 is 5.12. The number of nitrogens with zero attached hydrogens (tertiary/aromatic N) is 1. The highest BCUT2D eigenvalue weighted by molar-refractivity contribution is 5.94. The van der Waals surface area contributed by atoms with Crippen molar-refractivity contribution in [3.8, 4) is 0 Å². The van der Waals surface area contributed by atoms with Crippen molar-refractivity contribution in [3.63, 3.8) is 0 Å². The van der Waals surface area contributed by atoms with Crippen molar-refractivity contribution in [1.82, 2.24) is 0 Å². The lowest BCUT2D eigenvalue weighted by Gasteiger charge is -2.06. The third kappa shape index (κ3) is 3.20. The quantitative estimate of drug-likeness (QED) is 0.486. The number of carbonyl (C=O) groups excluding carboxylic acids is 1. The van der Waals surface area contributed by atoms with E-state index >= 15 is 0 Å². The van der Waals surface area contributed by atoms with Gasteiger partial charge in [-0.3, -0.25) is 10.1 Å². The molecule has 0 saturated heterocycles. The van der Waals surface area contributed by atoms with Gasteiger partial charge in [0.1, 0.15) is 12.2 Å². The number of ether oxygens (including phenoxy) is 1. The Morgan fingerprint density at radius 1 is 1.20 bits per heavy atom. The molecule has 0 N–H and O–H groups in total. The Labute approximate surface area is 116 Å². The molecule has 102 valence electrons. The molecule has 0 spiro atoms. The minimum atomic E-state index is -0.691. The Kier molecular flexibility index (Phi) is 4.10. The Balaban J connectivity index is 2.17. The van der Waals surface area contributed by atoms with E-state index in [0.717, 1.165) is 11.1 Å². The summed E-state index contributed by atoms with van der Waals surface area (Å²) in [6, 6.07) is 13.5. The normalized spacial score (nSPS) is 10.1.